The Morgan fingerprint density at radius 3 is 2.52 bits per heavy atom. The van der Waals surface area contributed by atoms with E-state index in [9.17, 15) is 0 Å². The normalized spacial score (nSPS) is 15.6. The Balaban J connectivity index is 1.71. The minimum Gasteiger partial charge on any atom is -0.455 e. The third-order valence-corrected chi connectivity index (χ3v) is 4.79. The number of para-hydroxylation sites is 1. The van der Waals surface area contributed by atoms with Gasteiger partial charge in [-0.05, 0) is 60.2 Å². The molecule has 0 amide bonds. The SMILES string of the molecule is [2H]C([2H])([2H])c1cnc(-c2cccc3c2oc2cc(-c4ccccc4)ccc23)cc1C([2H])([2H])[2H]. The van der Waals surface area contributed by atoms with Crippen LogP contribution in [0.2, 0.25) is 0 Å². The fourth-order valence-corrected chi connectivity index (χ4v) is 3.41. The number of furan rings is 1. The molecule has 2 nitrogen and oxygen atoms in total. The van der Waals surface area contributed by atoms with Crippen LogP contribution in [0.5, 0.6) is 0 Å². The molecular formula is C25H19NO. The number of nitrogens with zero attached hydrogens (tertiary/aromatic N) is 1. The van der Waals surface area contributed by atoms with E-state index in [1.807, 2.05) is 60.7 Å². The Kier molecular flexibility index (Phi) is 2.41. The lowest BCUT2D eigenvalue weighted by atomic mass is 10.0. The van der Waals surface area contributed by atoms with Crippen molar-refractivity contribution in [2.75, 3.05) is 0 Å². The standard InChI is InChI=1S/C25H19NO/c1-16-13-23(26-15-17(16)2)22-10-6-9-21-20-12-11-19(14-24(20)27-25(21)22)18-7-4-3-5-8-18/h3-15H,1-2H3/i1D3,2D3. The van der Waals surface area contributed by atoms with Gasteiger partial charge in [0.1, 0.15) is 11.2 Å². The van der Waals surface area contributed by atoms with Gasteiger partial charge in [-0.3, -0.25) is 4.98 Å². The molecule has 0 atom stereocenters. The summed E-state index contributed by atoms with van der Waals surface area (Å²) >= 11 is 0. The van der Waals surface area contributed by atoms with Crippen LogP contribution in [-0.4, -0.2) is 4.98 Å². The predicted octanol–water partition coefficient (Wildman–Crippen LogP) is 6.93. The molecule has 0 aliphatic rings. The summed E-state index contributed by atoms with van der Waals surface area (Å²) in [5.41, 5.74) is 3.83. The van der Waals surface area contributed by atoms with Crippen LogP contribution in [0.15, 0.2) is 83.4 Å². The molecular weight excluding hydrogens is 330 g/mol. The first-order valence-corrected chi connectivity index (χ1v) is 8.65. The molecule has 0 aliphatic carbocycles. The molecule has 130 valence electrons. The molecule has 0 fully saturated rings. The maximum absolute atomic E-state index is 7.84. The van der Waals surface area contributed by atoms with Crippen LogP contribution >= 0.6 is 0 Å². The molecule has 27 heavy (non-hydrogen) atoms. The Morgan fingerprint density at radius 2 is 1.67 bits per heavy atom. The van der Waals surface area contributed by atoms with E-state index < -0.39 is 13.7 Å². The number of rotatable bonds is 2. The lowest BCUT2D eigenvalue weighted by molar-refractivity contribution is 0.670. The van der Waals surface area contributed by atoms with E-state index in [-0.39, 0.29) is 11.1 Å². The van der Waals surface area contributed by atoms with Crippen molar-refractivity contribution in [1.82, 2.24) is 4.98 Å². The van der Waals surface area contributed by atoms with Gasteiger partial charge in [0, 0.05) is 30.8 Å². The van der Waals surface area contributed by atoms with Gasteiger partial charge in [-0.15, -0.1) is 0 Å². The van der Waals surface area contributed by atoms with E-state index in [4.69, 9.17) is 12.6 Å². The predicted molar refractivity (Wildman–Crippen MR) is 112 cm³/mol. The van der Waals surface area contributed by atoms with Crippen LogP contribution in [0.3, 0.4) is 0 Å². The number of benzene rings is 3. The lowest BCUT2D eigenvalue weighted by Crippen LogP contribution is -1.88. The van der Waals surface area contributed by atoms with Crippen LogP contribution in [0, 0.1) is 13.7 Å². The highest BCUT2D eigenvalue weighted by Crippen LogP contribution is 2.37. The van der Waals surface area contributed by atoms with Crippen LogP contribution in [0.1, 0.15) is 19.4 Å². The zero-order chi connectivity index (χ0) is 23.4. The average molecular weight is 355 g/mol. The quantitative estimate of drug-likeness (QED) is 0.343. The van der Waals surface area contributed by atoms with Gasteiger partial charge in [0.15, 0.2) is 0 Å². The molecule has 0 radical (unpaired) electrons. The van der Waals surface area contributed by atoms with Gasteiger partial charge < -0.3 is 4.42 Å². The summed E-state index contributed by atoms with van der Waals surface area (Å²) in [5, 5.41) is 1.81. The molecule has 2 aromatic heterocycles. The molecule has 5 aromatic rings. The number of pyridine rings is 1. The molecule has 2 heteroatoms. The summed E-state index contributed by atoms with van der Waals surface area (Å²) < 4.78 is 52.8. The van der Waals surface area contributed by atoms with Crippen LogP contribution in [0.4, 0.5) is 0 Å². The molecule has 2 heterocycles. The van der Waals surface area contributed by atoms with E-state index in [1.54, 1.807) is 6.07 Å². The minimum atomic E-state index is -2.59. The molecule has 0 saturated heterocycles. The fourth-order valence-electron chi connectivity index (χ4n) is 3.41. The van der Waals surface area contributed by atoms with Gasteiger partial charge in [0.25, 0.3) is 0 Å². The maximum Gasteiger partial charge on any atom is 0.144 e. The number of aromatic nitrogens is 1. The molecule has 0 spiro atoms. The van der Waals surface area contributed by atoms with Crippen LogP contribution in [-0.2, 0) is 0 Å². The molecule has 0 bridgehead atoms. The molecule has 0 aliphatic heterocycles. The van der Waals surface area contributed by atoms with Crippen LogP contribution in [0.25, 0.3) is 44.3 Å². The second-order valence-electron chi connectivity index (χ2n) is 6.48. The second-order valence-corrected chi connectivity index (χ2v) is 6.48. The van der Waals surface area contributed by atoms with Crippen molar-refractivity contribution in [2.24, 2.45) is 0 Å². The minimum absolute atomic E-state index is 0.230. The first-order chi connectivity index (χ1) is 15.6. The zero-order valence-corrected chi connectivity index (χ0v) is 14.4. The Morgan fingerprint density at radius 1 is 0.778 bits per heavy atom. The van der Waals surface area contributed by atoms with Crippen molar-refractivity contribution in [3.8, 4) is 22.4 Å². The number of aryl methyl sites for hydroxylation is 2. The molecule has 0 saturated carbocycles. The molecule has 0 N–H and O–H groups in total. The third-order valence-electron chi connectivity index (χ3n) is 4.79. The highest BCUT2D eigenvalue weighted by atomic mass is 16.3. The van der Waals surface area contributed by atoms with E-state index in [0.717, 1.165) is 28.1 Å². The van der Waals surface area contributed by atoms with Crippen LogP contribution < -0.4 is 0 Å². The van der Waals surface area contributed by atoms with E-state index in [0.29, 0.717) is 22.4 Å². The van der Waals surface area contributed by atoms with Gasteiger partial charge in [-0.2, -0.15) is 0 Å². The summed E-state index contributed by atoms with van der Waals surface area (Å²) in [4.78, 5) is 4.31. The van der Waals surface area contributed by atoms with Crippen molar-refractivity contribution in [1.29, 1.82) is 0 Å². The number of hydrogen-bond acceptors (Lipinski definition) is 2. The smallest absolute Gasteiger partial charge is 0.144 e. The fraction of sp³-hybridized carbons (Fsp3) is 0.0800. The second kappa shape index (κ2) is 6.10. The van der Waals surface area contributed by atoms with E-state index in [1.165, 1.54) is 6.07 Å². The number of fused-ring (bicyclic) bond motifs is 3. The molecule has 0 unspecified atom stereocenters. The van der Waals surface area contributed by atoms with Crippen molar-refractivity contribution in [2.45, 2.75) is 13.7 Å². The van der Waals surface area contributed by atoms with Crippen molar-refractivity contribution in [3.63, 3.8) is 0 Å². The van der Waals surface area contributed by atoms with Gasteiger partial charge in [0.2, 0.25) is 0 Å². The highest BCUT2D eigenvalue weighted by Gasteiger charge is 2.14. The molecule has 5 rings (SSSR count). The summed E-state index contributed by atoms with van der Waals surface area (Å²) in [6, 6.07) is 22.9. The summed E-state index contributed by atoms with van der Waals surface area (Å²) in [7, 11) is 0. The van der Waals surface area contributed by atoms with Gasteiger partial charge in [-0.25, -0.2) is 0 Å². The number of hydrogen-bond donors (Lipinski definition) is 0. The Bertz CT molecular complexity index is 1480. The van der Waals surface area contributed by atoms with Gasteiger partial charge >= 0.3 is 0 Å². The average Bonchev–Trinajstić information content (AvgIpc) is 3.16. The van der Waals surface area contributed by atoms with Gasteiger partial charge in [-0.1, -0.05) is 48.5 Å². The first kappa shape index (κ1) is 10.7. The van der Waals surface area contributed by atoms with Gasteiger partial charge in [0.05, 0.1) is 5.69 Å². The third kappa shape index (κ3) is 2.61. The van der Waals surface area contributed by atoms with Crippen molar-refractivity contribution < 1.29 is 12.6 Å². The Hall–Kier alpha value is -3.39. The van der Waals surface area contributed by atoms with E-state index >= 15 is 0 Å². The summed E-state index contributed by atoms with van der Waals surface area (Å²) in [6.45, 7) is -5.16. The highest BCUT2D eigenvalue weighted by molar-refractivity contribution is 6.10. The monoisotopic (exact) mass is 355 g/mol. The topological polar surface area (TPSA) is 26.0 Å². The lowest BCUT2D eigenvalue weighted by Gasteiger charge is -2.05. The summed E-state index contributed by atoms with van der Waals surface area (Å²) in [5.74, 6) is 0. The van der Waals surface area contributed by atoms with Crippen molar-refractivity contribution >= 4 is 21.9 Å². The zero-order valence-electron chi connectivity index (χ0n) is 20.4. The largest absolute Gasteiger partial charge is 0.455 e. The molecule has 3 aromatic carbocycles. The Labute approximate surface area is 166 Å². The summed E-state index contributed by atoms with van der Waals surface area (Å²) in [6.07, 6.45) is 1.14. The first-order valence-electron chi connectivity index (χ1n) is 11.6. The van der Waals surface area contributed by atoms with Crippen molar-refractivity contribution in [3.05, 3.63) is 90.1 Å². The maximum atomic E-state index is 7.84. The van der Waals surface area contributed by atoms with E-state index in [2.05, 4.69) is 4.98 Å².